The fourth-order valence-electron chi connectivity index (χ4n) is 1.26. The van der Waals surface area contributed by atoms with Crippen molar-refractivity contribution in [3.63, 3.8) is 0 Å². The second-order valence-electron chi connectivity index (χ2n) is 3.70. The Morgan fingerprint density at radius 1 is 1.52 bits per heavy atom. The van der Waals surface area contributed by atoms with E-state index >= 15 is 0 Å². The summed E-state index contributed by atoms with van der Waals surface area (Å²) in [4.78, 5) is 10.6. The Morgan fingerprint density at radius 3 is 2.76 bits per heavy atom. The van der Waals surface area contributed by atoms with Crippen LogP contribution in [0.2, 0.25) is 0 Å². The second-order valence-corrected chi connectivity index (χ2v) is 7.09. The van der Waals surface area contributed by atoms with E-state index in [9.17, 15) is 17.6 Å². The van der Waals surface area contributed by atoms with Crippen LogP contribution in [0.5, 0.6) is 5.75 Å². The van der Waals surface area contributed by atoms with Crippen molar-refractivity contribution in [1.29, 1.82) is 5.26 Å². The zero-order valence-corrected chi connectivity index (χ0v) is 13.6. The Labute approximate surface area is 133 Å². The highest BCUT2D eigenvalue weighted by Crippen LogP contribution is 2.31. The molecule has 21 heavy (non-hydrogen) atoms. The van der Waals surface area contributed by atoms with Gasteiger partial charge in [-0.25, -0.2) is 12.8 Å². The van der Waals surface area contributed by atoms with Crippen molar-refractivity contribution < 1.29 is 22.3 Å². The minimum absolute atomic E-state index is 0.0491. The summed E-state index contributed by atoms with van der Waals surface area (Å²) in [7, 11) is 0.850. The standard InChI is InChI=1S/C11H9BrClFN2O4S/c12-7-4-10(21(13,18)19)8(14)5-9(7)20-6-11(17)16-3-1-2-15/h4-5H,1,3,6H2,(H,16,17). The molecule has 0 aliphatic rings. The lowest BCUT2D eigenvalue weighted by Crippen LogP contribution is -2.29. The number of ether oxygens (including phenoxy) is 1. The van der Waals surface area contributed by atoms with E-state index in [0.29, 0.717) is 0 Å². The topological polar surface area (TPSA) is 96.3 Å². The van der Waals surface area contributed by atoms with Crippen LogP contribution in [0.3, 0.4) is 0 Å². The molecular weight excluding hydrogens is 391 g/mol. The minimum atomic E-state index is -4.22. The molecule has 0 aliphatic carbocycles. The molecule has 0 fully saturated rings. The number of amides is 1. The molecule has 0 saturated heterocycles. The first-order valence-corrected chi connectivity index (χ1v) is 8.56. The first kappa shape index (κ1) is 17.7. The Bertz CT molecular complexity index is 690. The van der Waals surface area contributed by atoms with E-state index in [4.69, 9.17) is 20.7 Å². The maximum atomic E-state index is 13.6. The second kappa shape index (κ2) is 7.59. The molecule has 0 radical (unpaired) electrons. The average molecular weight is 400 g/mol. The number of halogens is 3. The molecule has 114 valence electrons. The van der Waals surface area contributed by atoms with Crippen molar-refractivity contribution in [2.75, 3.05) is 13.2 Å². The van der Waals surface area contributed by atoms with Gasteiger partial charge in [0.05, 0.1) is 17.0 Å². The van der Waals surface area contributed by atoms with Gasteiger partial charge in [0.15, 0.2) is 6.61 Å². The van der Waals surface area contributed by atoms with Crippen molar-refractivity contribution in [3.05, 3.63) is 22.4 Å². The Hall–Kier alpha value is -1.37. The summed E-state index contributed by atoms with van der Waals surface area (Å²) in [5.41, 5.74) is 0. The van der Waals surface area contributed by atoms with E-state index in [-0.39, 0.29) is 23.2 Å². The lowest BCUT2D eigenvalue weighted by molar-refractivity contribution is -0.123. The van der Waals surface area contributed by atoms with Crippen LogP contribution in [0, 0.1) is 17.1 Å². The Kier molecular flexibility index (Phi) is 6.39. The minimum Gasteiger partial charge on any atom is -0.482 e. The number of carbonyl (C=O) groups excluding carboxylic acids is 1. The maximum absolute atomic E-state index is 13.6. The molecule has 0 aromatic heterocycles. The predicted molar refractivity (Wildman–Crippen MR) is 75.9 cm³/mol. The Morgan fingerprint density at radius 2 is 2.19 bits per heavy atom. The SMILES string of the molecule is N#CCCNC(=O)COc1cc(F)c(S(=O)(=O)Cl)cc1Br. The third-order valence-electron chi connectivity index (χ3n) is 2.17. The Balaban J connectivity index is 2.76. The summed E-state index contributed by atoms with van der Waals surface area (Å²) in [5.74, 6) is -1.63. The summed E-state index contributed by atoms with van der Waals surface area (Å²) in [6.45, 7) is -0.228. The van der Waals surface area contributed by atoms with Crippen molar-refractivity contribution in [2.45, 2.75) is 11.3 Å². The quantitative estimate of drug-likeness (QED) is 0.582. The van der Waals surface area contributed by atoms with Gasteiger partial charge in [0, 0.05) is 23.3 Å². The molecule has 1 rings (SSSR count). The number of nitrogens with one attached hydrogen (secondary N) is 1. The molecule has 0 atom stereocenters. The van der Waals surface area contributed by atoms with Gasteiger partial charge in [0.1, 0.15) is 16.5 Å². The number of carbonyl (C=O) groups is 1. The van der Waals surface area contributed by atoms with Gasteiger partial charge in [-0.15, -0.1) is 0 Å². The lowest BCUT2D eigenvalue weighted by Gasteiger charge is -2.09. The van der Waals surface area contributed by atoms with E-state index in [2.05, 4.69) is 21.2 Å². The van der Waals surface area contributed by atoms with Crippen LogP contribution in [0.4, 0.5) is 4.39 Å². The van der Waals surface area contributed by atoms with Gasteiger partial charge < -0.3 is 10.1 Å². The number of hydrogen-bond donors (Lipinski definition) is 1. The van der Waals surface area contributed by atoms with Gasteiger partial charge in [-0.3, -0.25) is 4.79 Å². The highest BCUT2D eigenvalue weighted by Gasteiger charge is 2.19. The number of benzene rings is 1. The highest BCUT2D eigenvalue weighted by atomic mass is 79.9. The predicted octanol–water partition coefficient (Wildman–Crippen LogP) is 1.92. The van der Waals surface area contributed by atoms with Crippen molar-refractivity contribution in [1.82, 2.24) is 5.32 Å². The molecule has 6 nitrogen and oxygen atoms in total. The molecule has 10 heteroatoms. The van der Waals surface area contributed by atoms with Crippen molar-refractivity contribution in [2.24, 2.45) is 0 Å². The summed E-state index contributed by atoms with van der Waals surface area (Å²) in [5, 5.41) is 10.7. The van der Waals surface area contributed by atoms with E-state index in [1.54, 1.807) is 0 Å². The molecule has 1 aromatic carbocycles. The number of nitrogens with zero attached hydrogens (tertiary/aromatic N) is 1. The lowest BCUT2D eigenvalue weighted by atomic mass is 10.3. The summed E-state index contributed by atoms with van der Waals surface area (Å²) < 4.78 is 41.0. The molecule has 1 aromatic rings. The third-order valence-corrected chi connectivity index (χ3v) is 4.12. The zero-order valence-electron chi connectivity index (χ0n) is 10.4. The van der Waals surface area contributed by atoms with Gasteiger partial charge in [0.25, 0.3) is 15.0 Å². The van der Waals surface area contributed by atoms with Gasteiger partial charge in [0.2, 0.25) is 0 Å². The van der Waals surface area contributed by atoms with Gasteiger partial charge in [-0.1, -0.05) is 0 Å². The fourth-order valence-corrected chi connectivity index (χ4v) is 2.77. The first-order chi connectivity index (χ1) is 9.75. The number of nitriles is 1. The molecule has 0 heterocycles. The molecule has 0 unspecified atom stereocenters. The average Bonchev–Trinajstić information content (AvgIpc) is 2.38. The first-order valence-electron chi connectivity index (χ1n) is 5.46. The maximum Gasteiger partial charge on any atom is 0.264 e. The van der Waals surface area contributed by atoms with Crippen LogP contribution in [-0.4, -0.2) is 27.5 Å². The van der Waals surface area contributed by atoms with Crippen LogP contribution in [-0.2, 0) is 13.8 Å². The third kappa shape index (κ3) is 5.49. The molecule has 1 N–H and O–H groups in total. The molecule has 0 aliphatic heterocycles. The number of rotatable bonds is 6. The summed E-state index contributed by atoms with van der Waals surface area (Å²) in [6, 6.07) is 3.60. The smallest absolute Gasteiger partial charge is 0.264 e. The normalized spacial score (nSPS) is 10.8. The zero-order chi connectivity index (χ0) is 16.0. The molecule has 1 amide bonds. The van der Waals surface area contributed by atoms with Gasteiger partial charge in [-0.2, -0.15) is 5.26 Å². The van der Waals surface area contributed by atoms with Crippen LogP contribution >= 0.6 is 26.6 Å². The van der Waals surface area contributed by atoms with E-state index in [0.717, 1.165) is 12.1 Å². The fraction of sp³-hybridized carbons (Fsp3) is 0.273. The van der Waals surface area contributed by atoms with E-state index in [1.807, 2.05) is 6.07 Å². The van der Waals surface area contributed by atoms with Crippen LogP contribution in [0.25, 0.3) is 0 Å². The molecular formula is C11H9BrClFN2O4S. The summed E-state index contributed by atoms with van der Waals surface area (Å²) >= 11 is 3.00. The number of hydrogen-bond acceptors (Lipinski definition) is 5. The molecule has 0 spiro atoms. The molecule has 0 saturated carbocycles. The van der Waals surface area contributed by atoms with Crippen LogP contribution in [0.1, 0.15) is 6.42 Å². The van der Waals surface area contributed by atoms with Crippen molar-refractivity contribution >= 4 is 41.6 Å². The molecule has 0 bridgehead atoms. The van der Waals surface area contributed by atoms with E-state index < -0.39 is 32.3 Å². The summed E-state index contributed by atoms with van der Waals surface area (Å²) in [6.07, 6.45) is 0.159. The van der Waals surface area contributed by atoms with E-state index in [1.165, 1.54) is 0 Å². The van der Waals surface area contributed by atoms with Gasteiger partial charge in [-0.05, 0) is 22.0 Å². The van der Waals surface area contributed by atoms with Crippen molar-refractivity contribution in [3.8, 4) is 11.8 Å². The van der Waals surface area contributed by atoms with Gasteiger partial charge >= 0.3 is 0 Å². The highest BCUT2D eigenvalue weighted by molar-refractivity contribution is 9.10. The van der Waals surface area contributed by atoms with Crippen LogP contribution < -0.4 is 10.1 Å². The van der Waals surface area contributed by atoms with Crippen LogP contribution in [0.15, 0.2) is 21.5 Å². The monoisotopic (exact) mass is 398 g/mol. The largest absolute Gasteiger partial charge is 0.482 e.